The molecule has 0 bridgehead atoms. The molecule has 0 aliphatic rings. The van der Waals surface area contributed by atoms with Gasteiger partial charge in [0.1, 0.15) is 0 Å². The highest BCUT2D eigenvalue weighted by Gasteiger charge is 1.84. The Hall–Kier alpha value is -0.440. The van der Waals surface area contributed by atoms with Gasteiger partial charge in [-0.05, 0) is 0 Å². The van der Waals surface area contributed by atoms with Gasteiger partial charge in [-0.1, -0.05) is 16.0 Å². The van der Waals surface area contributed by atoms with Crippen molar-refractivity contribution in [1.82, 2.24) is 5.10 Å². The van der Waals surface area contributed by atoms with Crippen LogP contribution in [-0.4, -0.2) is 5.10 Å². The first-order valence-electron chi connectivity index (χ1n) is 1.64. The van der Waals surface area contributed by atoms with Gasteiger partial charge in [0, 0.05) is 5.10 Å². The SMILES string of the molecule is C[n+]1cscn1. The van der Waals surface area contributed by atoms with E-state index in [0.717, 1.165) is 0 Å². The third-order valence-corrected chi connectivity index (χ3v) is 1.15. The Balaban J connectivity index is 3.05. The van der Waals surface area contributed by atoms with E-state index >= 15 is 0 Å². The monoisotopic (exact) mass is 101 g/mol. The Labute approximate surface area is 40.1 Å². The Bertz CT molecular complexity index is 112. The number of aryl methyl sites for hydroxylation is 1. The van der Waals surface area contributed by atoms with Gasteiger partial charge in [0.15, 0.2) is 12.6 Å². The van der Waals surface area contributed by atoms with Crippen molar-refractivity contribution in [3.8, 4) is 0 Å². The number of aromatic nitrogens is 2. The Morgan fingerprint density at radius 1 is 1.83 bits per heavy atom. The molecule has 0 aliphatic heterocycles. The van der Waals surface area contributed by atoms with Crippen molar-refractivity contribution in [3.05, 3.63) is 11.0 Å². The molecule has 0 spiro atoms. The van der Waals surface area contributed by atoms with E-state index in [2.05, 4.69) is 5.10 Å². The van der Waals surface area contributed by atoms with Gasteiger partial charge in [0.2, 0.25) is 0 Å². The van der Waals surface area contributed by atoms with Crippen molar-refractivity contribution >= 4 is 11.3 Å². The van der Waals surface area contributed by atoms with E-state index in [4.69, 9.17) is 0 Å². The molecule has 1 rings (SSSR count). The van der Waals surface area contributed by atoms with Crippen LogP contribution in [-0.2, 0) is 7.05 Å². The molecule has 0 aliphatic carbocycles. The highest BCUT2D eigenvalue weighted by Crippen LogP contribution is 1.78. The number of rotatable bonds is 0. The minimum absolute atomic E-state index is 1.59. The van der Waals surface area contributed by atoms with Gasteiger partial charge in [-0.3, -0.25) is 0 Å². The summed E-state index contributed by atoms with van der Waals surface area (Å²) in [6.45, 7) is 0. The normalized spacial score (nSPS) is 8.83. The van der Waals surface area contributed by atoms with Crippen LogP contribution in [0.2, 0.25) is 0 Å². The molecule has 0 atom stereocenters. The van der Waals surface area contributed by atoms with Gasteiger partial charge < -0.3 is 0 Å². The quantitative estimate of drug-likeness (QED) is 0.419. The first-order chi connectivity index (χ1) is 2.89. The summed E-state index contributed by atoms with van der Waals surface area (Å²) in [5.74, 6) is 0. The summed E-state index contributed by atoms with van der Waals surface area (Å²) in [6.07, 6.45) is 0. The van der Waals surface area contributed by atoms with Gasteiger partial charge in [-0.25, -0.2) is 0 Å². The van der Waals surface area contributed by atoms with Gasteiger partial charge in [0.25, 0.3) is 5.51 Å². The molecule has 3 heteroatoms. The van der Waals surface area contributed by atoms with Crippen LogP contribution in [0.1, 0.15) is 0 Å². The molecule has 0 unspecified atom stereocenters. The van der Waals surface area contributed by atoms with Crippen LogP contribution in [0.4, 0.5) is 0 Å². The minimum atomic E-state index is 1.59. The van der Waals surface area contributed by atoms with Crippen molar-refractivity contribution < 1.29 is 4.68 Å². The van der Waals surface area contributed by atoms with Crippen LogP contribution in [0.3, 0.4) is 0 Å². The van der Waals surface area contributed by atoms with E-state index in [1.807, 2.05) is 12.6 Å². The molecule has 0 fully saturated rings. The van der Waals surface area contributed by atoms with Crippen LogP contribution in [0.5, 0.6) is 0 Å². The first kappa shape index (κ1) is 3.74. The van der Waals surface area contributed by atoms with E-state index in [1.54, 1.807) is 21.5 Å². The van der Waals surface area contributed by atoms with Gasteiger partial charge >= 0.3 is 0 Å². The predicted octanol–water partition coefficient (Wildman–Crippen LogP) is -0.0324. The predicted molar refractivity (Wildman–Crippen MR) is 23.3 cm³/mol. The Morgan fingerprint density at radius 2 is 2.67 bits per heavy atom. The fourth-order valence-electron chi connectivity index (χ4n) is 0.244. The molecule has 0 radical (unpaired) electrons. The molecule has 2 nitrogen and oxygen atoms in total. The second-order valence-corrected chi connectivity index (χ2v) is 1.73. The zero-order valence-electron chi connectivity index (χ0n) is 3.46. The Kier molecular flexibility index (Phi) is 0.837. The maximum absolute atomic E-state index is 3.85. The maximum atomic E-state index is 3.85. The summed E-state index contributed by atoms with van der Waals surface area (Å²) in [5, 5.41) is 3.85. The van der Waals surface area contributed by atoms with Crippen LogP contribution in [0.25, 0.3) is 0 Å². The topological polar surface area (TPSA) is 16.8 Å². The molecule has 1 heterocycles. The summed E-state index contributed by atoms with van der Waals surface area (Å²) in [7, 11) is 1.90. The van der Waals surface area contributed by atoms with E-state index < -0.39 is 0 Å². The summed E-state index contributed by atoms with van der Waals surface area (Å²) < 4.78 is 1.77. The van der Waals surface area contributed by atoms with Crippen LogP contribution < -0.4 is 4.68 Å². The zero-order valence-corrected chi connectivity index (χ0v) is 4.27. The van der Waals surface area contributed by atoms with Crippen LogP contribution in [0, 0.1) is 0 Å². The summed E-state index contributed by atoms with van der Waals surface area (Å²) in [4.78, 5) is 0. The standard InChI is InChI=1S/C3H5N2S/c1-5-3-6-2-4-5/h2-3H,1H3/q+1. The molecule has 1 aromatic rings. The number of hydrogen-bond donors (Lipinski definition) is 0. The van der Waals surface area contributed by atoms with E-state index in [-0.39, 0.29) is 0 Å². The third-order valence-electron chi connectivity index (χ3n) is 0.504. The van der Waals surface area contributed by atoms with Crippen molar-refractivity contribution in [2.24, 2.45) is 7.05 Å². The molecular formula is C3H5N2S+. The van der Waals surface area contributed by atoms with Crippen molar-refractivity contribution in [2.75, 3.05) is 0 Å². The van der Waals surface area contributed by atoms with Crippen molar-refractivity contribution in [3.63, 3.8) is 0 Å². The van der Waals surface area contributed by atoms with Crippen molar-refractivity contribution in [2.45, 2.75) is 0 Å². The third kappa shape index (κ3) is 0.542. The van der Waals surface area contributed by atoms with Gasteiger partial charge in [0.05, 0.1) is 0 Å². The smallest absolute Gasteiger partial charge is 0.0832 e. The van der Waals surface area contributed by atoms with E-state index in [0.29, 0.717) is 0 Å². The summed E-state index contributed by atoms with van der Waals surface area (Å²) in [6, 6.07) is 0. The van der Waals surface area contributed by atoms with Gasteiger partial charge in [-0.15, -0.1) is 0 Å². The largest absolute Gasteiger partial charge is 0.252 e. The lowest BCUT2D eigenvalue weighted by Gasteiger charge is -1.59. The molecule has 6 heavy (non-hydrogen) atoms. The molecule has 0 saturated carbocycles. The molecule has 0 N–H and O–H groups in total. The van der Waals surface area contributed by atoms with E-state index in [9.17, 15) is 0 Å². The molecule has 0 saturated heterocycles. The molecule has 0 amide bonds. The lowest BCUT2D eigenvalue weighted by atomic mass is 11.3. The fraction of sp³-hybridized carbons (Fsp3) is 0.333. The minimum Gasteiger partial charge on any atom is -0.0832 e. The molecule has 1 aromatic heterocycles. The average Bonchev–Trinajstić information content (AvgIpc) is 1.86. The van der Waals surface area contributed by atoms with Crippen LogP contribution >= 0.6 is 11.3 Å². The fourth-order valence-corrected chi connectivity index (χ4v) is 0.732. The highest BCUT2D eigenvalue weighted by molar-refractivity contribution is 7.06. The molecule has 32 valence electrons. The lowest BCUT2D eigenvalue weighted by molar-refractivity contribution is -0.725. The second-order valence-electron chi connectivity index (χ2n) is 1.04. The Morgan fingerprint density at radius 3 is 2.83 bits per heavy atom. The lowest BCUT2D eigenvalue weighted by Crippen LogP contribution is -2.27. The average molecular weight is 101 g/mol. The zero-order chi connectivity index (χ0) is 4.41. The number of hydrogen-bond acceptors (Lipinski definition) is 2. The summed E-state index contributed by atoms with van der Waals surface area (Å²) in [5.41, 5.74) is 3.72. The van der Waals surface area contributed by atoms with E-state index in [1.165, 1.54) is 0 Å². The second kappa shape index (κ2) is 1.34. The maximum Gasteiger partial charge on any atom is 0.252 e. The first-order valence-corrected chi connectivity index (χ1v) is 2.58. The van der Waals surface area contributed by atoms with Crippen LogP contribution in [0.15, 0.2) is 11.0 Å². The van der Waals surface area contributed by atoms with Gasteiger partial charge in [-0.2, -0.15) is 0 Å². The van der Waals surface area contributed by atoms with Crippen molar-refractivity contribution in [1.29, 1.82) is 0 Å². The molecule has 0 aromatic carbocycles. The molecular weight excluding hydrogens is 96.1 g/mol. The highest BCUT2D eigenvalue weighted by atomic mass is 32.1. The summed E-state index contributed by atoms with van der Waals surface area (Å²) >= 11 is 1.59. The number of nitrogens with zero attached hydrogens (tertiary/aromatic N) is 2.